The van der Waals surface area contributed by atoms with E-state index in [2.05, 4.69) is 11.4 Å². The number of para-hydroxylation sites is 1. The summed E-state index contributed by atoms with van der Waals surface area (Å²) in [6.07, 6.45) is 7.05. The Hall–Kier alpha value is -2.30. The zero-order chi connectivity index (χ0) is 18.1. The maximum Gasteiger partial charge on any atom is 0.344 e. The zero-order valence-electron chi connectivity index (χ0n) is 15.0. The van der Waals surface area contributed by atoms with Crippen LogP contribution in [0.3, 0.4) is 0 Å². The van der Waals surface area contributed by atoms with Crippen LogP contribution in [0.15, 0.2) is 35.9 Å². The summed E-state index contributed by atoms with van der Waals surface area (Å²) in [6.45, 7) is 3.83. The molecule has 5 nitrogen and oxygen atoms in total. The van der Waals surface area contributed by atoms with Crippen LogP contribution in [-0.2, 0) is 14.3 Å². The Balaban J connectivity index is 1.66. The molecule has 1 aliphatic rings. The largest absolute Gasteiger partial charge is 0.482 e. The fraction of sp³-hybridized carbons (Fsp3) is 0.500. The van der Waals surface area contributed by atoms with Crippen molar-refractivity contribution in [3.8, 4) is 5.75 Å². The van der Waals surface area contributed by atoms with Gasteiger partial charge in [0.25, 0.3) is 5.91 Å². The Kier molecular flexibility index (Phi) is 7.51. The van der Waals surface area contributed by atoms with E-state index in [-0.39, 0.29) is 12.5 Å². The van der Waals surface area contributed by atoms with Gasteiger partial charge in [0, 0.05) is 6.54 Å². The normalized spacial score (nSPS) is 15.0. The van der Waals surface area contributed by atoms with E-state index < -0.39 is 12.1 Å². The standard InChI is InChI=1S/C20H27NO4/c1-15-8-6-7-11-18(15)24-14-19(22)25-16(2)20(23)21-13-12-17-9-4-3-5-10-17/h6-9,11,16H,3-5,10,12-14H2,1-2H3,(H,21,23)/t16-/m1/s1. The van der Waals surface area contributed by atoms with Gasteiger partial charge in [0.2, 0.25) is 0 Å². The highest BCUT2D eigenvalue weighted by Crippen LogP contribution is 2.19. The van der Waals surface area contributed by atoms with Crippen LogP contribution in [0.1, 0.15) is 44.6 Å². The lowest BCUT2D eigenvalue weighted by Crippen LogP contribution is -2.37. The van der Waals surface area contributed by atoms with E-state index >= 15 is 0 Å². The van der Waals surface area contributed by atoms with Crippen molar-refractivity contribution in [3.63, 3.8) is 0 Å². The molecule has 1 N–H and O–H groups in total. The molecule has 0 unspecified atom stereocenters. The highest BCUT2D eigenvalue weighted by Gasteiger charge is 2.18. The third kappa shape index (κ3) is 6.61. The monoisotopic (exact) mass is 345 g/mol. The van der Waals surface area contributed by atoms with Crippen LogP contribution in [0, 0.1) is 6.92 Å². The first-order chi connectivity index (χ1) is 12.1. The minimum absolute atomic E-state index is 0.213. The van der Waals surface area contributed by atoms with E-state index in [1.54, 1.807) is 13.0 Å². The first-order valence-corrected chi connectivity index (χ1v) is 8.90. The number of nitrogens with one attached hydrogen (secondary N) is 1. The maximum absolute atomic E-state index is 12.0. The van der Waals surface area contributed by atoms with Crippen molar-refractivity contribution in [3.05, 3.63) is 41.5 Å². The van der Waals surface area contributed by atoms with Crippen molar-refractivity contribution in [2.75, 3.05) is 13.2 Å². The second-order valence-corrected chi connectivity index (χ2v) is 6.34. The minimum atomic E-state index is -0.826. The van der Waals surface area contributed by atoms with Gasteiger partial charge >= 0.3 is 5.97 Å². The molecule has 1 aromatic carbocycles. The molecule has 0 radical (unpaired) electrons. The quantitative estimate of drug-likeness (QED) is 0.580. The molecule has 0 heterocycles. The number of carbonyl (C=O) groups excluding carboxylic acids is 2. The van der Waals surface area contributed by atoms with Crippen LogP contribution in [0.5, 0.6) is 5.75 Å². The number of aryl methyl sites for hydroxylation is 1. The average molecular weight is 345 g/mol. The summed E-state index contributed by atoms with van der Waals surface area (Å²) in [6, 6.07) is 7.43. The van der Waals surface area contributed by atoms with Gasteiger partial charge in [-0.25, -0.2) is 4.79 Å². The second kappa shape index (κ2) is 9.87. The maximum atomic E-state index is 12.0. The molecule has 1 aliphatic carbocycles. The molecular formula is C20H27NO4. The minimum Gasteiger partial charge on any atom is -0.482 e. The first-order valence-electron chi connectivity index (χ1n) is 8.90. The lowest BCUT2D eigenvalue weighted by atomic mass is 9.97. The van der Waals surface area contributed by atoms with Crippen molar-refractivity contribution in [1.29, 1.82) is 0 Å². The molecular weight excluding hydrogens is 318 g/mol. The molecule has 0 spiro atoms. The number of carbonyl (C=O) groups is 2. The summed E-state index contributed by atoms with van der Waals surface area (Å²) in [7, 11) is 0. The summed E-state index contributed by atoms with van der Waals surface area (Å²) < 4.78 is 10.6. The number of rotatable bonds is 8. The fourth-order valence-corrected chi connectivity index (χ4v) is 2.76. The van der Waals surface area contributed by atoms with Crippen molar-refractivity contribution in [2.45, 2.75) is 52.1 Å². The van der Waals surface area contributed by atoms with Gasteiger partial charge in [-0.1, -0.05) is 29.8 Å². The molecule has 2 rings (SSSR count). The second-order valence-electron chi connectivity index (χ2n) is 6.34. The Morgan fingerprint density at radius 3 is 2.76 bits per heavy atom. The number of benzene rings is 1. The Morgan fingerprint density at radius 1 is 1.24 bits per heavy atom. The molecule has 136 valence electrons. The molecule has 0 aromatic heterocycles. The van der Waals surface area contributed by atoms with Crippen LogP contribution >= 0.6 is 0 Å². The van der Waals surface area contributed by atoms with E-state index in [0.29, 0.717) is 12.3 Å². The van der Waals surface area contributed by atoms with Crippen molar-refractivity contribution in [2.24, 2.45) is 0 Å². The molecule has 5 heteroatoms. The van der Waals surface area contributed by atoms with Gasteiger partial charge in [-0.05, 0) is 57.6 Å². The van der Waals surface area contributed by atoms with Crippen LogP contribution in [-0.4, -0.2) is 31.1 Å². The van der Waals surface area contributed by atoms with Crippen molar-refractivity contribution >= 4 is 11.9 Å². The van der Waals surface area contributed by atoms with E-state index in [1.807, 2.05) is 25.1 Å². The summed E-state index contributed by atoms with van der Waals surface area (Å²) >= 11 is 0. The Bertz CT molecular complexity index is 624. The predicted molar refractivity (Wildman–Crippen MR) is 96.4 cm³/mol. The van der Waals surface area contributed by atoms with Crippen LogP contribution in [0.4, 0.5) is 0 Å². The van der Waals surface area contributed by atoms with Gasteiger partial charge < -0.3 is 14.8 Å². The van der Waals surface area contributed by atoms with Gasteiger partial charge in [-0.3, -0.25) is 4.79 Å². The number of ether oxygens (including phenoxy) is 2. The Labute approximate surface area is 149 Å². The van der Waals surface area contributed by atoms with Gasteiger partial charge in [-0.15, -0.1) is 0 Å². The molecule has 0 fully saturated rings. The highest BCUT2D eigenvalue weighted by atomic mass is 16.6. The highest BCUT2D eigenvalue weighted by molar-refractivity contribution is 5.83. The lowest BCUT2D eigenvalue weighted by molar-refractivity contribution is -0.156. The van der Waals surface area contributed by atoms with Crippen LogP contribution < -0.4 is 10.1 Å². The fourth-order valence-electron chi connectivity index (χ4n) is 2.76. The molecule has 0 bridgehead atoms. The molecule has 0 aliphatic heterocycles. The zero-order valence-corrected chi connectivity index (χ0v) is 15.0. The summed E-state index contributed by atoms with van der Waals surface area (Å²) in [5.74, 6) is -0.196. The van der Waals surface area contributed by atoms with E-state index in [4.69, 9.17) is 9.47 Å². The average Bonchev–Trinajstić information content (AvgIpc) is 2.62. The first kappa shape index (κ1) is 19.0. The number of amides is 1. The van der Waals surface area contributed by atoms with Gasteiger partial charge in [0.05, 0.1) is 0 Å². The van der Waals surface area contributed by atoms with Gasteiger partial charge in [0.1, 0.15) is 5.75 Å². The SMILES string of the molecule is Cc1ccccc1OCC(=O)O[C@H](C)C(=O)NCCC1=CCCCC1. The Morgan fingerprint density at radius 2 is 2.04 bits per heavy atom. The van der Waals surface area contributed by atoms with Crippen LogP contribution in [0.25, 0.3) is 0 Å². The summed E-state index contributed by atoms with van der Waals surface area (Å²) in [4.78, 5) is 23.8. The van der Waals surface area contributed by atoms with Crippen molar-refractivity contribution in [1.82, 2.24) is 5.32 Å². The number of allylic oxidation sites excluding steroid dienone is 1. The van der Waals surface area contributed by atoms with E-state index in [9.17, 15) is 9.59 Å². The third-order valence-corrected chi connectivity index (χ3v) is 4.25. The molecule has 0 saturated carbocycles. The van der Waals surface area contributed by atoms with Crippen molar-refractivity contribution < 1.29 is 19.1 Å². The van der Waals surface area contributed by atoms with Gasteiger partial charge in [-0.2, -0.15) is 0 Å². The summed E-state index contributed by atoms with van der Waals surface area (Å²) in [5.41, 5.74) is 2.35. The molecule has 1 atom stereocenters. The van der Waals surface area contributed by atoms with E-state index in [0.717, 1.165) is 24.8 Å². The number of hydrogen-bond acceptors (Lipinski definition) is 4. The molecule has 25 heavy (non-hydrogen) atoms. The molecule has 0 saturated heterocycles. The van der Waals surface area contributed by atoms with Gasteiger partial charge in [0.15, 0.2) is 12.7 Å². The smallest absolute Gasteiger partial charge is 0.344 e. The van der Waals surface area contributed by atoms with Crippen LogP contribution in [0.2, 0.25) is 0 Å². The molecule has 1 aromatic rings. The predicted octanol–water partition coefficient (Wildman–Crippen LogP) is 3.31. The van der Waals surface area contributed by atoms with E-state index in [1.165, 1.54) is 18.4 Å². The third-order valence-electron chi connectivity index (χ3n) is 4.25. The molecule has 1 amide bonds. The number of esters is 1. The lowest BCUT2D eigenvalue weighted by Gasteiger charge is -2.16. The summed E-state index contributed by atoms with van der Waals surface area (Å²) in [5, 5.41) is 2.82. The topological polar surface area (TPSA) is 64.6 Å². The number of hydrogen-bond donors (Lipinski definition) is 1.